The molecule has 234 valence electrons. The maximum Gasteiger partial charge on any atom is 0.259 e. The van der Waals surface area contributed by atoms with Crippen LogP contribution in [0.1, 0.15) is 15.9 Å². The number of carbonyl (C=O) groups excluding carboxylic acids is 3. The summed E-state index contributed by atoms with van der Waals surface area (Å²) in [5.74, 6) is 0.222. The lowest BCUT2D eigenvalue weighted by molar-refractivity contribution is -0.127. The van der Waals surface area contributed by atoms with Gasteiger partial charge in [-0.2, -0.15) is 0 Å². The first kappa shape index (κ1) is 31.5. The third kappa shape index (κ3) is 7.75. The summed E-state index contributed by atoms with van der Waals surface area (Å²) in [7, 11) is 4.77. The Hall–Kier alpha value is -5.97. The highest BCUT2D eigenvalue weighted by molar-refractivity contribution is 6.06. The molecule has 4 aromatic carbocycles. The van der Waals surface area contributed by atoms with Crippen molar-refractivity contribution in [3.8, 4) is 22.8 Å². The van der Waals surface area contributed by atoms with Gasteiger partial charge in [0.2, 0.25) is 11.8 Å². The molecule has 3 amide bonds. The molecule has 5 aromatic rings. The van der Waals surface area contributed by atoms with Gasteiger partial charge in [0.1, 0.15) is 29.8 Å². The predicted octanol–water partition coefficient (Wildman–Crippen LogP) is 4.61. The molecule has 0 fully saturated rings. The zero-order valence-corrected chi connectivity index (χ0v) is 25.7. The van der Waals surface area contributed by atoms with Gasteiger partial charge in [-0.15, -0.1) is 5.10 Å². The number of aromatic nitrogens is 3. The number of benzene rings is 4. The molecule has 0 spiro atoms. The topological polar surface area (TPSA) is 128 Å². The minimum atomic E-state index is -0.816. The summed E-state index contributed by atoms with van der Waals surface area (Å²) in [5, 5.41) is 14.1. The Morgan fingerprint density at radius 3 is 2.24 bits per heavy atom. The molecule has 0 radical (unpaired) electrons. The van der Waals surface area contributed by atoms with Crippen LogP contribution in [-0.2, 0) is 22.6 Å². The predicted molar refractivity (Wildman–Crippen MR) is 175 cm³/mol. The number of hydrogen-bond donors (Lipinski definition) is 2. The Labute approximate surface area is 266 Å². The fourth-order valence-electron chi connectivity index (χ4n) is 4.87. The molecule has 11 nitrogen and oxygen atoms in total. The quantitative estimate of drug-likeness (QED) is 0.209. The van der Waals surface area contributed by atoms with Crippen LogP contribution in [0.5, 0.6) is 11.5 Å². The zero-order valence-electron chi connectivity index (χ0n) is 25.7. The molecule has 0 aliphatic carbocycles. The van der Waals surface area contributed by atoms with E-state index in [-0.39, 0.29) is 24.3 Å². The summed E-state index contributed by atoms with van der Waals surface area (Å²) in [5.41, 5.74) is 3.90. The van der Waals surface area contributed by atoms with Crippen molar-refractivity contribution in [2.45, 2.75) is 19.0 Å². The third-order valence-corrected chi connectivity index (χ3v) is 7.34. The summed E-state index contributed by atoms with van der Waals surface area (Å²) in [6.45, 7) is -0.134. The smallest absolute Gasteiger partial charge is 0.259 e. The number of ether oxygens (including phenoxy) is 2. The summed E-state index contributed by atoms with van der Waals surface area (Å²) < 4.78 is 11.9. The first-order valence-corrected chi connectivity index (χ1v) is 14.5. The first-order chi connectivity index (χ1) is 22.3. The fraction of sp³-hybridized carbons (Fsp3) is 0.171. The van der Waals surface area contributed by atoms with Crippen molar-refractivity contribution in [3.63, 3.8) is 0 Å². The molecule has 2 N–H and O–H groups in total. The van der Waals surface area contributed by atoms with E-state index in [4.69, 9.17) is 9.47 Å². The van der Waals surface area contributed by atoms with Gasteiger partial charge in [0, 0.05) is 30.4 Å². The van der Waals surface area contributed by atoms with Crippen LogP contribution < -0.4 is 25.0 Å². The van der Waals surface area contributed by atoms with E-state index in [1.807, 2.05) is 30.3 Å². The third-order valence-electron chi connectivity index (χ3n) is 7.34. The number of hydrogen-bond acceptors (Lipinski definition) is 7. The van der Waals surface area contributed by atoms with Crippen LogP contribution in [0, 0.1) is 0 Å². The maximum atomic E-state index is 13.6. The molecule has 0 aliphatic rings. The van der Waals surface area contributed by atoms with E-state index in [9.17, 15) is 14.4 Å². The summed E-state index contributed by atoms with van der Waals surface area (Å²) in [4.78, 5) is 41.0. The molecule has 0 aliphatic heterocycles. The number of anilines is 2. The molecule has 0 saturated carbocycles. The molecule has 1 heterocycles. The van der Waals surface area contributed by atoms with Crippen LogP contribution in [0.4, 0.5) is 11.4 Å². The minimum Gasteiger partial charge on any atom is -0.497 e. The van der Waals surface area contributed by atoms with Gasteiger partial charge in [0.25, 0.3) is 5.91 Å². The largest absolute Gasteiger partial charge is 0.497 e. The van der Waals surface area contributed by atoms with Crippen LogP contribution in [0.2, 0.25) is 0 Å². The fourth-order valence-corrected chi connectivity index (χ4v) is 4.87. The molecular weight excluding hydrogens is 584 g/mol. The Kier molecular flexibility index (Phi) is 10.0. The highest BCUT2D eigenvalue weighted by Gasteiger charge is 2.26. The lowest BCUT2D eigenvalue weighted by Gasteiger charge is -2.25. The first-order valence-electron chi connectivity index (χ1n) is 14.5. The highest BCUT2D eigenvalue weighted by atomic mass is 16.5. The second-order valence-corrected chi connectivity index (χ2v) is 10.4. The number of nitrogens with zero attached hydrogens (tertiary/aromatic N) is 4. The molecule has 11 heteroatoms. The van der Waals surface area contributed by atoms with Crippen LogP contribution in [-0.4, -0.2) is 60.0 Å². The second kappa shape index (κ2) is 14.7. The van der Waals surface area contributed by atoms with E-state index >= 15 is 0 Å². The van der Waals surface area contributed by atoms with Gasteiger partial charge in [-0.05, 0) is 54.1 Å². The van der Waals surface area contributed by atoms with Gasteiger partial charge in [-0.25, -0.2) is 4.68 Å². The Morgan fingerprint density at radius 2 is 1.54 bits per heavy atom. The molecule has 1 atom stereocenters. The summed E-state index contributed by atoms with van der Waals surface area (Å²) >= 11 is 0. The van der Waals surface area contributed by atoms with Crippen molar-refractivity contribution in [1.82, 2.24) is 20.3 Å². The monoisotopic (exact) mass is 618 g/mol. The lowest BCUT2D eigenvalue weighted by Crippen LogP contribution is -2.49. The average molecular weight is 619 g/mol. The van der Waals surface area contributed by atoms with Gasteiger partial charge in [0.05, 0.1) is 26.0 Å². The summed E-state index contributed by atoms with van der Waals surface area (Å²) in [6, 6.07) is 29.9. The van der Waals surface area contributed by atoms with Crippen molar-refractivity contribution in [2.24, 2.45) is 0 Å². The summed E-state index contributed by atoms with van der Waals surface area (Å²) in [6.07, 6.45) is 1.97. The number of likely N-dealkylation sites (N-methyl/N-ethyl adjacent to an activating group) is 1. The molecule has 5 rings (SSSR count). The maximum absolute atomic E-state index is 13.6. The van der Waals surface area contributed by atoms with Crippen molar-refractivity contribution < 1.29 is 23.9 Å². The van der Waals surface area contributed by atoms with Gasteiger partial charge in [0.15, 0.2) is 0 Å². The Balaban J connectivity index is 1.23. The van der Waals surface area contributed by atoms with Crippen LogP contribution in [0.3, 0.4) is 0 Å². The second-order valence-electron chi connectivity index (χ2n) is 10.4. The normalized spacial score (nSPS) is 11.3. The van der Waals surface area contributed by atoms with Crippen LogP contribution >= 0.6 is 0 Å². The minimum absolute atomic E-state index is 0.134. The van der Waals surface area contributed by atoms with Gasteiger partial charge in [-0.1, -0.05) is 59.8 Å². The number of carbonyl (C=O) groups is 3. The van der Waals surface area contributed by atoms with E-state index in [0.29, 0.717) is 40.6 Å². The lowest BCUT2D eigenvalue weighted by atomic mass is 10.0. The molecule has 46 heavy (non-hydrogen) atoms. The van der Waals surface area contributed by atoms with Crippen LogP contribution in [0.25, 0.3) is 11.3 Å². The number of methoxy groups -OCH3 is 2. The Bertz CT molecular complexity index is 1790. The van der Waals surface area contributed by atoms with E-state index < -0.39 is 6.04 Å². The zero-order chi connectivity index (χ0) is 32.5. The van der Waals surface area contributed by atoms with E-state index in [1.165, 1.54) is 16.7 Å². The SMILES string of the molecule is COc1ccc(N(C)C(=O)C(Cc2ccccc2)NC(=O)Cn2cc(-c3ccc(NC(=O)c4ccccc4OC)cc3)nn2)cc1. The standard InChI is InChI=1S/C35H34N6O5/c1-40(27-17-19-28(45-2)20-18-27)35(44)30(21-24-9-5-4-6-10-24)37-33(42)23-41-22-31(38-39-41)25-13-15-26(16-14-25)36-34(43)29-11-7-8-12-32(29)46-3/h4-20,22,30H,21,23H2,1-3H3,(H,36,43)(H,37,42). The molecule has 1 unspecified atom stereocenters. The molecule has 0 bridgehead atoms. The highest BCUT2D eigenvalue weighted by Crippen LogP contribution is 2.23. The molecule has 1 aromatic heterocycles. The van der Waals surface area contributed by atoms with Crippen molar-refractivity contribution in [3.05, 3.63) is 120 Å². The van der Waals surface area contributed by atoms with Crippen molar-refractivity contribution >= 4 is 29.1 Å². The number of rotatable bonds is 12. The van der Waals surface area contributed by atoms with Crippen LogP contribution in [0.15, 0.2) is 109 Å². The molecular formula is C35H34N6O5. The van der Waals surface area contributed by atoms with E-state index in [2.05, 4.69) is 20.9 Å². The van der Waals surface area contributed by atoms with E-state index in [0.717, 1.165) is 11.1 Å². The van der Waals surface area contributed by atoms with Gasteiger partial charge in [-0.3, -0.25) is 14.4 Å². The van der Waals surface area contributed by atoms with Gasteiger partial charge < -0.3 is 25.0 Å². The number of nitrogens with one attached hydrogen (secondary N) is 2. The Morgan fingerprint density at radius 1 is 0.848 bits per heavy atom. The van der Waals surface area contributed by atoms with E-state index in [1.54, 1.807) is 93.2 Å². The van der Waals surface area contributed by atoms with Crippen molar-refractivity contribution in [1.29, 1.82) is 0 Å². The average Bonchev–Trinajstić information content (AvgIpc) is 3.56. The van der Waals surface area contributed by atoms with Gasteiger partial charge >= 0.3 is 0 Å². The number of para-hydroxylation sites is 1. The molecule has 0 saturated heterocycles. The number of amides is 3. The van der Waals surface area contributed by atoms with Crippen molar-refractivity contribution in [2.75, 3.05) is 31.5 Å².